The van der Waals surface area contributed by atoms with Gasteiger partial charge < -0.3 is 15.0 Å². The SMILES string of the molecule is Cc1c(C(=O)Nc2ccc(S(C)(=O)=O)cc2)cn(CC(O)c2ccccc2)c1-c1ccccc1Cl. The van der Waals surface area contributed by atoms with E-state index in [1.54, 1.807) is 24.4 Å². The van der Waals surface area contributed by atoms with Crippen LogP contribution in [-0.4, -0.2) is 30.3 Å². The largest absolute Gasteiger partial charge is 0.387 e. The first kappa shape index (κ1) is 24.7. The molecule has 0 bridgehead atoms. The second-order valence-electron chi connectivity index (χ2n) is 8.33. The fourth-order valence-corrected chi connectivity index (χ4v) is 4.85. The molecule has 4 aromatic rings. The normalized spacial score (nSPS) is 12.3. The summed E-state index contributed by atoms with van der Waals surface area (Å²) in [6.45, 7) is 2.06. The van der Waals surface area contributed by atoms with E-state index in [0.717, 1.165) is 23.1 Å². The van der Waals surface area contributed by atoms with Gasteiger partial charge in [0.05, 0.1) is 28.8 Å². The predicted molar refractivity (Wildman–Crippen MR) is 139 cm³/mol. The molecule has 1 unspecified atom stereocenters. The number of aromatic nitrogens is 1. The molecule has 8 heteroatoms. The van der Waals surface area contributed by atoms with Gasteiger partial charge in [-0.1, -0.05) is 60.1 Å². The van der Waals surface area contributed by atoms with E-state index in [-0.39, 0.29) is 17.3 Å². The zero-order valence-electron chi connectivity index (χ0n) is 19.3. The lowest BCUT2D eigenvalue weighted by atomic mass is 10.0. The van der Waals surface area contributed by atoms with Gasteiger partial charge in [-0.15, -0.1) is 0 Å². The van der Waals surface area contributed by atoms with Crippen molar-refractivity contribution in [1.29, 1.82) is 0 Å². The highest BCUT2D eigenvalue weighted by molar-refractivity contribution is 7.90. The molecule has 0 aliphatic heterocycles. The molecular weight excluding hydrogens is 484 g/mol. The highest BCUT2D eigenvalue weighted by Crippen LogP contribution is 2.34. The molecule has 0 radical (unpaired) electrons. The van der Waals surface area contributed by atoms with E-state index in [2.05, 4.69) is 5.32 Å². The van der Waals surface area contributed by atoms with E-state index in [9.17, 15) is 18.3 Å². The van der Waals surface area contributed by atoms with Gasteiger partial charge in [-0.3, -0.25) is 4.79 Å². The molecule has 1 amide bonds. The van der Waals surface area contributed by atoms with Crippen LogP contribution in [0.15, 0.2) is 90.0 Å². The van der Waals surface area contributed by atoms with Gasteiger partial charge >= 0.3 is 0 Å². The van der Waals surface area contributed by atoms with E-state index in [4.69, 9.17) is 11.6 Å². The summed E-state index contributed by atoms with van der Waals surface area (Å²) in [6, 6.07) is 22.7. The van der Waals surface area contributed by atoms with Crippen LogP contribution in [0, 0.1) is 6.92 Å². The number of anilines is 1. The third-order valence-corrected chi connectivity index (χ3v) is 7.26. The third-order valence-electron chi connectivity index (χ3n) is 5.80. The molecule has 180 valence electrons. The minimum Gasteiger partial charge on any atom is -0.387 e. The Morgan fingerprint density at radius 3 is 2.26 bits per heavy atom. The number of nitrogens with zero attached hydrogens (tertiary/aromatic N) is 1. The molecule has 1 atom stereocenters. The van der Waals surface area contributed by atoms with Gasteiger partial charge in [0.15, 0.2) is 9.84 Å². The Morgan fingerprint density at radius 2 is 1.63 bits per heavy atom. The second-order valence-corrected chi connectivity index (χ2v) is 10.7. The molecule has 3 aromatic carbocycles. The first-order valence-electron chi connectivity index (χ1n) is 10.9. The first-order valence-corrected chi connectivity index (χ1v) is 13.2. The van der Waals surface area contributed by atoms with Crippen molar-refractivity contribution >= 4 is 33.0 Å². The number of halogens is 1. The molecule has 0 saturated heterocycles. The Balaban J connectivity index is 1.70. The van der Waals surface area contributed by atoms with Gasteiger partial charge in [0.25, 0.3) is 5.91 Å². The number of hydrogen-bond acceptors (Lipinski definition) is 4. The Bertz CT molecular complexity index is 1460. The van der Waals surface area contributed by atoms with Crippen LogP contribution in [-0.2, 0) is 16.4 Å². The molecule has 1 aromatic heterocycles. The summed E-state index contributed by atoms with van der Waals surface area (Å²) in [5, 5.41) is 14.2. The Kier molecular flexibility index (Phi) is 7.12. The number of nitrogens with one attached hydrogen (secondary N) is 1. The van der Waals surface area contributed by atoms with Crippen molar-refractivity contribution in [2.24, 2.45) is 0 Å². The van der Waals surface area contributed by atoms with E-state index in [1.807, 2.05) is 60.0 Å². The summed E-state index contributed by atoms with van der Waals surface area (Å²) in [7, 11) is -3.33. The molecule has 0 spiro atoms. The summed E-state index contributed by atoms with van der Waals surface area (Å²) in [5.41, 5.74) is 3.86. The molecular formula is C27H25ClN2O4S. The van der Waals surface area contributed by atoms with Crippen molar-refractivity contribution in [3.63, 3.8) is 0 Å². The number of aliphatic hydroxyl groups is 1. The summed E-state index contributed by atoms with van der Waals surface area (Å²) in [6.07, 6.45) is 2.05. The highest BCUT2D eigenvalue weighted by atomic mass is 35.5. The summed E-state index contributed by atoms with van der Waals surface area (Å²) in [5.74, 6) is -0.351. The molecule has 0 saturated carbocycles. The van der Waals surface area contributed by atoms with Gasteiger partial charge in [-0.2, -0.15) is 0 Å². The molecule has 0 aliphatic carbocycles. The van der Waals surface area contributed by atoms with Gasteiger partial charge in [0.1, 0.15) is 0 Å². The topological polar surface area (TPSA) is 88.4 Å². The molecule has 0 fully saturated rings. The number of aliphatic hydroxyl groups excluding tert-OH is 1. The van der Waals surface area contributed by atoms with Gasteiger partial charge in [0.2, 0.25) is 0 Å². The number of hydrogen-bond donors (Lipinski definition) is 2. The zero-order valence-corrected chi connectivity index (χ0v) is 20.8. The lowest BCUT2D eigenvalue weighted by Crippen LogP contribution is -2.12. The maximum atomic E-state index is 13.2. The van der Waals surface area contributed by atoms with Crippen LogP contribution in [0.5, 0.6) is 0 Å². The second kappa shape index (κ2) is 10.1. The average molecular weight is 509 g/mol. The molecule has 1 heterocycles. The number of rotatable bonds is 7. The smallest absolute Gasteiger partial charge is 0.257 e. The minimum absolute atomic E-state index is 0.175. The van der Waals surface area contributed by atoms with Crippen molar-refractivity contribution < 1.29 is 18.3 Å². The van der Waals surface area contributed by atoms with Crippen LogP contribution in [0.25, 0.3) is 11.3 Å². The number of amides is 1. The van der Waals surface area contributed by atoms with E-state index in [0.29, 0.717) is 21.8 Å². The third kappa shape index (κ3) is 5.48. The number of benzene rings is 3. The van der Waals surface area contributed by atoms with Crippen LogP contribution in [0.4, 0.5) is 5.69 Å². The molecule has 2 N–H and O–H groups in total. The van der Waals surface area contributed by atoms with Gasteiger partial charge in [-0.25, -0.2) is 8.42 Å². The van der Waals surface area contributed by atoms with Crippen molar-refractivity contribution in [2.75, 3.05) is 11.6 Å². The van der Waals surface area contributed by atoms with Crippen molar-refractivity contribution in [2.45, 2.75) is 24.5 Å². The monoisotopic (exact) mass is 508 g/mol. The molecule has 6 nitrogen and oxygen atoms in total. The van der Waals surface area contributed by atoms with E-state index in [1.165, 1.54) is 12.1 Å². The van der Waals surface area contributed by atoms with Gasteiger partial charge in [-0.05, 0) is 48.4 Å². The lowest BCUT2D eigenvalue weighted by molar-refractivity contribution is 0.102. The summed E-state index contributed by atoms with van der Waals surface area (Å²) >= 11 is 6.50. The van der Waals surface area contributed by atoms with Crippen LogP contribution in [0.1, 0.15) is 27.6 Å². The number of sulfone groups is 1. The summed E-state index contributed by atoms with van der Waals surface area (Å²) in [4.78, 5) is 13.4. The quantitative estimate of drug-likeness (QED) is 0.344. The standard InChI is InChI=1S/C27H25ClN2O4S/c1-18-23(27(32)29-20-12-14-21(15-13-20)35(2,33)34)16-30(17-25(31)19-8-4-3-5-9-19)26(18)22-10-6-7-11-24(22)28/h3-16,25,31H,17H2,1-2H3,(H,29,32). The van der Waals surface area contributed by atoms with Crippen molar-refractivity contribution in [1.82, 2.24) is 4.57 Å². The fraction of sp³-hybridized carbons (Fsp3) is 0.148. The maximum absolute atomic E-state index is 13.2. The molecule has 4 rings (SSSR count). The Morgan fingerprint density at radius 1 is 1.00 bits per heavy atom. The van der Waals surface area contributed by atoms with Gasteiger partial charge in [0, 0.05) is 28.7 Å². The maximum Gasteiger partial charge on any atom is 0.257 e. The Labute approximate surface area is 209 Å². The highest BCUT2D eigenvalue weighted by Gasteiger charge is 2.22. The average Bonchev–Trinajstić information content (AvgIpc) is 3.15. The van der Waals surface area contributed by atoms with E-state index < -0.39 is 15.9 Å². The minimum atomic E-state index is -3.33. The van der Waals surface area contributed by atoms with Crippen LogP contribution >= 0.6 is 11.6 Å². The number of carbonyl (C=O) groups is 1. The summed E-state index contributed by atoms with van der Waals surface area (Å²) < 4.78 is 25.3. The first-order chi connectivity index (χ1) is 16.6. The molecule has 0 aliphatic rings. The predicted octanol–water partition coefficient (Wildman–Crippen LogP) is 5.51. The number of carbonyl (C=O) groups excluding carboxylic acids is 1. The van der Waals surface area contributed by atoms with Crippen LogP contribution in [0.3, 0.4) is 0 Å². The lowest BCUT2D eigenvalue weighted by Gasteiger charge is -2.16. The van der Waals surface area contributed by atoms with Crippen LogP contribution < -0.4 is 5.32 Å². The van der Waals surface area contributed by atoms with E-state index >= 15 is 0 Å². The molecule has 35 heavy (non-hydrogen) atoms. The zero-order chi connectivity index (χ0) is 25.2. The fourth-order valence-electron chi connectivity index (χ4n) is 3.99. The van der Waals surface area contributed by atoms with Crippen LogP contribution in [0.2, 0.25) is 5.02 Å². The van der Waals surface area contributed by atoms with Crippen molar-refractivity contribution in [3.8, 4) is 11.3 Å². The van der Waals surface area contributed by atoms with Crippen molar-refractivity contribution in [3.05, 3.63) is 107 Å². The Hall–Kier alpha value is -3.39.